The summed E-state index contributed by atoms with van der Waals surface area (Å²) in [6.45, 7) is 1.28. The number of hydrogen-bond acceptors (Lipinski definition) is 2. The maximum Gasteiger partial charge on any atom is 0.225 e. The van der Waals surface area contributed by atoms with E-state index in [0.717, 1.165) is 19.3 Å². The van der Waals surface area contributed by atoms with E-state index in [4.69, 9.17) is 0 Å². The molecule has 2 aliphatic rings. The van der Waals surface area contributed by atoms with Crippen LogP contribution < -0.4 is 5.32 Å². The minimum absolute atomic E-state index is 0.0584. The molecule has 1 N–H and O–H groups in total. The van der Waals surface area contributed by atoms with Crippen LogP contribution in [0.5, 0.6) is 0 Å². The van der Waals surface area contributed by atoms with E-state index in [1.54, 1.807) is 0 Å². The second-order valence-corrected chi connectivity index (χ2v) is 5.76. The van der Waals surface area contributed by atoms with Crippen molar-refractivity contribution in [1.82, 2.24) is 10.2 Å². The predicted molar refractivity (Wildman–Crippen MR) is 76.0 cm³/mol. The van der Waals surface area contributed by atoms with Gasteiger partial charge in [0.1, 0.15) is 0 Å². The van der Waals surface area contributed by atoms with E-state index in [2.05, 4.69) is 17.4 Å². The Balaban J connectivity index is 1.50. The number of benzene rings is 1. The lowest BCUT2D eigenvalue weighted by atomic mass is 10.1. The van der Waals surface area contributed by atoms with Gasteiger partial charge in [-0.3, -0.25) is 9.59 Å². The van der Waals surface area contributed by atoms with E-state index >= 15 is 0 Å². The van der Waals surface area contributed by atoms with Gasteiger partial charge in [0.25, 0.3) is 0 Å². The monoisotopic (exact) mass is 272 g/mol. The maximum absolute atomic E-state index is 12.0. The number of carbonyl (C=O) groups excluding carboxylic acids is 2. The summed E-state index contributed by atoms with van der Waals surface area (Å²) in [7, 11) is 0. The first-order chi connectivity index (χ1) is 9.72. The molecule has 0 radical (unpaired) electrons. The Kier molecular flexibility index (Phi) is 3.72. The highest BCUT2D eigenvalue weighted by Crippen LogP contribution is 2.23. The molecular weight excluding hydrogens is 252 g/mol. The topological polar surface area (TPSA) is 49.4 Å². The Labute approximate surface area is 119 Å². The lowest BCUT2D eigenvalue weighted by Crippen LogP contribution is -2.34. The quantitative estimate of drug-likeness (QED) is 0.880. The van der Waals surface area contributed by atoms with Gasteiger partial charge in [-0.15, -0.1) is 0 Å². The molecule has 1 saturated carbocycles. The van der Waals surface area contributed by atoms with E-state index in [9.17, 15) is 9.59 Å². The van der Waals surface area contributed by atoms with Crippen LogP contribution in [0.3, 0.4) is 0 Å². The molecule has 1 atom stereocenters. The lowest BCUT2D eigenvalue weighted by molar-refractivity contribution is -0.129. The molecule has 2 amide bonds. The Morgan fingerprint density at radius 2 is 2.00 bits per heavy atom. The Bertz CT molecular complexity index is 496. The number of hydrogen-bond donors (Lipinski definition) is 1. The minimum Gasteiger partial charge on any atom is -0.353 e. The van der Waals surface area contributed by atoms with Gasteiger partial charge < -0.3 is 10.2 Å². The third-order valence-corrected chi connectivity index (χ3v) is 4.02. The number of likely N-dealkylation sites (tertiary alicyclic amines) is 1. The Hall–Kier alpha value is -1.84. The highest BCUT2D eigenvalue weighted by Gasteiger charge is 2.36. The standard InChI is InChI=1S/C16H20N2O2/c19-15-10-13(16(20)17-14-6-7-14)11-18(15)9-8-12-4-2-1-3-5-12/h1-5,13-14H,6-11H2,(H,17,20). The summed E-state index contributed by atoms with van der Waals surface area (Å²) in [4.78, 5) is 25.8. The third kappa shape index (κ3) is 3.18. The zero-order valence-electron chi connectivity index (χ0n) is 11.5. The van der Waals surface area contributed by atoms with Gasteiger partial charge in [0.2, 0.25) is 11.8 Å². The zero-order chi connectivity index (χ0) is 13.9. The van der Waals surface area contributed by atoms with Crippen molar-refractivity contribution in [2.24, 2.45) is 5.92 Å². The summed E-state index contributed by atoms with van der Waals surface area (Å²) in [5, 5.41) is 2.99. The fraction of sp³-hybridized carbons (Fsp3) is 0.500. The van der Waals surface area contributed by atoms with E-state index in [0.29, 0.717) is 25.6 Å². The molecule has 1 aromatic carbocycles. The predicted octanol–water partition coefficient (Wildman–Crippen LogP) is 1.36. The molecule has 1 aliphatic heterocycles. The van der Waals surface area contributed by atoms with Crippen LogP contribution in [0, 0.1) is 5.92 Å². The minimum atomic E-state index is -0.154. The summed E-state index contributed by atoms with van der Waals surface area (Å²) >= 11 is 0. The van der Waals surface area contributed by atoms with Crippen LogP contribution in [0.4, 0.5) is 0 Å². The van der Waals surface area contributed by atoms with Crippen LogP contribution in [0.15, 0.2) is 30.3 Å². The number of nitrogens with one attached hydrogen (secondary N) is 1. The van der Waals surface area contributed by atoms with E-state index in [-0.39, 0.29) is 17.7 Å². The van der Waals surface area contributed by atoms with Crippen molar-refractivity contribution in [1.29, 1.82) is 0 Å². The zero-order valence-corrected chi connectivity index (χ0v) is 11.5. The second kappa shape index (κ2) is 5.65. The van der Waals surface area contributed by atoms with E-state index in [1.807, 2.05) is 23.1 Å². The van der Waals surface area contributed by atoms with Gasteiger partial charge >= 0.3 is 0 Å². The molecule has 1 aromatic rings. The van der Waals surface area contributed by atoms with Gasteiger partial charge in [0.15, 0.2) is 0 Å². The van der Waals surface area contributed by atoms with Gasteiger partial charge in [-0.2, -0.15) is 0 Å². The molecule has 1 unspecified atom stereocenters. The molecule has 3 rings (SSSR count). The molecule has 1 saturated heterocycles. The van der Waals surface area contributed by atoms with Gasteiger partial charge in [-0.25, -0.2) is 0 Å². The smallest absolute Gasteiger partial charge is 0.225 e. The van der Waals surface area contributed by atoms with Crippen molar-refractivity contribution in [2.75, 3.05) is 13.1 Å². The largest absolute Gasteiger partial charge is 0.353 e. The SMILES string of the molecule is O=C(NC1CC1)C1CC(=O)N(CCc2ccccc2)C1. The van der Waals surface area contributed by atoms with Crippen molar-refractivity contribution >= 4 is 11.8 Å². The van der Waals surface area contributed by atoms with Crippen LogP contribution in [0.2, 0.25) is 0 Å². The van der Waals surface area contributed by atoms with Crippen LogP contribution >= 0.6 is 0 Å². The molecule has 4 nitrogen and oxygen atoms in total. The van der Waals surface area contributed by atoms with Crippen molar-refractivity contribution in [2.45, 2.75) is 31.7 Å². The van der Waals surface area contributed by atoms with Crippen molar-refractivity contribution in [3.8, 4) is 0 Å². The molecular formula is C16H20N2O2. The number of rotatable bonds is 5. The lowest BCUT2D eigenvalue weighted by Gasteiger charge is -2.16. The second-order valence-electron chi connectivity index (χ2n) is 5.76. The molecule has 0 spiro atoms. The third-order valence-electron chi connectivity index (χ3n) is 4.02. The Morgan fingerprint density at radius 3 is 2.70 bits per heavy atom. The van der Waals surface area contributed by atoms with Crippen molar-refractivity contribution < 1.29 is 9.59 Å². The van der Waals surface area contributed by atoms with Crippen LogP contribution in [-0.2, 0) is 16.0 Å². The normalized spacial score (nSPS) is 22.1. The van der Waals surface area contributed by atoms with Crippen LogP contribution in [0.1, 0.15) is 24.8 Å². The van der Waals surface area contributed by atoms with Crippen molar-refractivity contribution in [3.05, 3.63) is 35.9 Å². The van der Waals surface area contributed by atoms with Crippen LogP contribution in [-0.4, -0.2) is 35.8 Å². The fourth-order valence-electron chi connectivity index (χ4n) is 2.62. The summed E-state index contributed by atoms with van der Waals surface area (Å²) in [6.07, 6.45) is 3.39. The van der Waals surface area contributed by atoms with Gasteiger partial charge in [0.05, 0.1) is 5.92 Å². The summed E-state index contributed by atoms with van der Waals surface area (Å²) in [5.41, 5.74) is 1.23. The average molecular weight is 272 g/mol. The summed E-state index contributed by atoms with van der Waals surface area (Å²) < 4.78 is 0. The van der Waals surface area contributed by atoms with Crippen molar-refractivity contribution in [3.63, 3.8) is 0 Å². The van der Waals surface area contributed by atoms with Gasteiger partial charge in [-0.05, 0) is 24.8 Å². The first-order valence-corrected chi connectivity index (χ1v) is 7.34. The first kappa shape index (κ1) is 13.2. The summed E-state index contributed by atoms with van der Waals surface area (Å²) in [5.74, 6) is 0.0128. The average Bonchev–Trinajstić information content (AvgIpc) is 3.19. The number of nitrogens with zero attached hydrogens (tertiary/aromatic N) is 1. The number of amides is 2. The highest BCUT2D eigenvalue weighted by molar-refractivity contribution is 5.89. The first-order valence-electron chi connectivity index (χ1n) is 7.34. The van der Waals surface area contributed by atoms with E-state index < -0.39 is 0 Å². The molecule has 1 aliphatic carbocycles. The molecule has 0 bridgehead atoms. The highest BCUT2D eigenvalue weighted by atomic mass is 16.2. The molecule has 2 fully saturated rings. The maximum atomic E-state index is 12.0. The van der Waals surface area contributed by atoms with Crippen LogP contribution in [0.25, 0.3) is 0 Å². The molecule has 106 valence electrons. The fourth-order valence-corrected chi connectivity index (χ4v) is 2.62. The molecule has 4 heteroatoms. The van der Waals surface area contributed by atoms with Gasteiger partial charge in [0, 0.05) is 25.6 Å². The van der Waals surface area contributed by atoms with E-state index in [1.165, 1.54) is 5.56 Å². The van der Waals surface area contributed by atoms with Gasteiger partial charge in [-0.1, -0.05) is 30.3 Å². The number of carbonyl (C=O) groups is 2. The summed E-state index contributed by atoms with van der Waals surface area (Å²) in [6, 6.07) is 10.5. The molecule has 20 heavy (non-hydrogen) atoms. The molecule has 0 aromatic heterocycles. The Morgan fingerprint density at radius 1 is 1.25 bits per heavy atom. The molecule has 1 heterocycles.